The van der Waals surface area contributed by atoms with Crippen LogP contribution in [0.15, 0.2) is 42.5 Å². The lowest BCUT2D eigenvalue weighted by atomic mass is 9.90. The molecule has 9 heteroatoms. The molecule has 1 aliphatic heterocycles. The van der Waals surface area contributed by atoms with Crippen LogP contribution in [0.1, 0.15) is 88.1 Å². The van der Waals surface area contributed by atoms with Gasteiger partial charge >= 0.3 is 12.0 Å². The first-order chi connectivity index (χ1) is 19.8. The van der Waals surface area contributed by atoms with Gasteiger partial charge in [-0.1, -0.05) is 30.3 Å². The van der Waals surface area contributed by atoms with E-state index in [1.165, 1.54) is 0 Å². The van der Waals surface area contributed by atoms with Gasteiger partial charge in [0.05, 0.1) is 32.0 Å². The number of aliphatic carboxylic acids is 1. The average molecular weight is 569 g/mol. The SMILES string of the molecule is CCOc1cc([C@@H](C)N(CCO[C@@H](C)c2ccccc2)C(=O)NC2(C(=O)O)CCOCC2)cc(OCC)c1C1CC1. The minimum absolute atomic E-state index is 0.163. The Morgan fingerprint density at radius 1 is 1.02 bits per heavy atom. The quantitative estimate of drug-likeness (QED) is 0.295. The van der Waals surface area contributed by atoms with E-state index in [4.69, 9.17) is 18.9 Å². The van der Waals surface area contributed by atoms with Crippen molar-refractivity contribution in [3.8, 4) is 11.5 Å². The molecule has 9 nitrogen and oxygen atoms in total. The van der Waals surface area contributed by atoms with Gasteiger partial charge < -0.3 is 34.3 Å². The highest BCUT2D eigenvalue weighted by atomic mass is 16.5. The molecule has 2 atom stereocenters. The monoisotopic (exact) mass is 568 g/mol. The molecule has 1 saturated heterocycles. The number of hydrogen-bond donors (Lipinski definition) is 2. The highest BCUT2D eigenvalue weighted by Crippen LogP contribution is 2.50. The van der Waals surface area contributed by atoms with Crippen LogP contribution in [-0.4, -0.2) is 67.1 Å². The number of hydrogen-bond acceptors (Lipinski definition) is 6. The van der Waals surface area contributed by atoms with Crippen LogP contribution in [0.2, 0.25) is 0 Å². The lowest BCUT2D eigenvalue weighted by Gasteiger charge is -2.38. The fraction of sp³-hybridized carbons (Fsp3) is 0.562. The summed E-state index contributed by atoms with van der Waals surface area (Å²) in [6, 6.07) is 13.0. The molecule has 41 heavy (non-hydrogen) atoms. The van der Waals surface area contributed by atoms with Crippen molar-refractivity contribution in [3.63, 3.8) is 0 Å². The summed E-state index contributed by atoms with van der Waals surface area (Å²) in [5.41, 5.74) is 1.60. The molecule has 2 fully saturated rings. The molecular weight excluding hydrogens is 524 g/mol. The van der Waals surface area contributed by atoms with E-state index >= 15 is 0 Å². The minimum Gasteiger partial charge on any atom is -0.493 e. The molecule has 2 aliphatic rings. The Balaban J connectivity index is 1.61. The first-order valence-corrected chi connectivity index (χ1v) is 14.8. The van der Waals surface area contributed by atoms with Gasteiger partial charge in [-0.15, -0.1) is 0 Å². The Kier molecular flexibility index (Phi) is 10.5. The Hall–Kier alpha value is -3.30. The highest BCUT2D eigenvalue weighted by Gasteiger charge is 2.43. The fourth-order valence-electron chi connectivity index (χ4n) is 5.37. The maximum atomic E-state index is 13.9. The smallest absolute Gasteiger partial charge is 0.329 e. The van der Waals surface area contributed by atoms with E-state index in [1.807, 2.05) is 70.2 Å². The average Bonchev–Trinajstić information content (AvgIpc) is 3.81. The lowest BCUT2D eigenvalue weighted by molar-refractivity contribution is -0.148. The Morgan fingerprint density at radius 2 is 1.63 bits per heavy atom. The Bertz CT molecular complexity index is 1130. The summed E-state index contributed by atoms with van der Waals surface area (Å²) in [5, 5.41) is 12.9. The standard InChI is InChI=1S/C32H44N2O7/c1-5-39-27-20-26(21-28(40-6-2)29(27)25-12-13-25)22(3)34(16-19-41-23(4)24-10-8-7-9-11-24)31(37)33-32(30(35)36)14-17-38-18-15-32/h7-11,20-23,25H,5-6,12-19H2,1-4H3,(H,33,37)(H,35,36)/t22-,23+/m1/s1. The van der Waals surface area contributed by atoms with Gasteiger partial charge in [0.25, 0.3) is 0 Å². The summed E-state index contributed by atoms with van der Waals surface area (Å²) in [6.07, 6.45) is 2.45. The molecular formula is C32H44N2O7. The summed E-state index contributed by atoms with van der Waals surface area (Å²) in [6.45, 7) is 9.94. The van der Waals surface area contributed by atoms with E-state index in [0.717, 1.165) is 41.0 Å². The Morgan fingerprint density at radius 3 is 2.17 bits per heavy atom. The number of nitrogens with zero attached hydrogens (tertiary/aromatic N) is 1. The van der Waals surface area contributed by atoms with Crippen molar-refractivity contribution in [3.05, 3.63) is 59.2 Å². The van der Waals surface area contributed by atoms with Gasteiger partial charge in [0.15, 0.2) is 0 Å². The van der Waals surface area contributed by atoms with E-state index in [-0.39, 0.29) is 45.3 Å². The number of carbonyl (C=O) groups excluding carboxylic acids is 1. The van der Waals surface area contributed by atoms with E-state index in [2.05, 4.69) is 5.32 Å². The van der Waals surface area contributed by atoms with Crippen LogP contribution >= 0.6 is 0 Å². The zero-order valence-corrected chi connectivity index (χ0v) is 24.7. The molecule has 1 saturated carbocycles. The first kappa shape index (κ1) is 30.7. The molecule has 0 bridgehead atoms. The summed E-state index contributed by atoms with van der Waals surface area (Å²) >= 11 is 0. The van der Waals surface area contributed by atoms with Crippen molar-refractivity contribution in [1.29, 1.82) is 0 Å². The molecule has 1 aliphatic carbocycles. The third-order valence-electron chi connectivity index (χ3n) is 7.99. The number of nitrogens with one attached hydrogen (secondary N) is 1. The number of rotatable bonds is 14. The van der Waals surface area contributed by atoms with Crippen molar-refractivity contribution in [2.45, 2.75) is 77.0 Å². The Labute approximate surface area is 243 Å². The van der Waals surface area contributed by atoms with Gasteiger partial charge in [0, 0.05) is 38.2 Å². The summed E-state index contributed by atoms with van der Waals surface area (Å²) < 4.78 is 23.7. The summed E-state index contributed by atoms with van der Waals surface area (Å²) in [4.78, 5) is 27.9. The summed E-state index contributed by atoms with van der Waals surface area (Å²) in [7, 11) is 0. The van der Waals surface area contributed by atoms with Crippen LogP contribution < -0.4 is 14.8 Å². The summed E-state index contributed by atoms with van der Waals surface area (Å²) in [5.74, 6) is 0.924. The van der Waals surface area contributed by atoms with Gasteiger partial charge in [-0.2, -0.15) is 0 Å². The van der Waals surface area contributed by atoms with Crippen molar-refractivity contribution in [2.75, 3.05) is 39.6 Å². The third kappa shape index (κ3) is 7.51. The van der Waals surface area contributed by atoms with Crippen molar-refractivity contribution >= 4 is 12.0 Å². The molecule has 1 heterocycles. The number of carboxylic acid groups (broad SMARTS) is 1. The molecule has 2 amide bonds. The minimum atomic E-state index is -1.38. The second-order valence-corrected chi connectivity index (χ2v) is 10.8. The van der Waals surface area contributed by atoms with Crippen molar-refractivity contribution in [2.24, 2.45) is 0 Å². The molecule has 2 aromatic rings. The predicted octanol–water partition coefficient (Wildman–Crippen LogP) is 5.85. The first-order valence-electron chi connectivity index (χ1n) is 14.8. The lowest BCUT2D eigenvalue weighted by Crippen LogP contribution is -2.60. The van der Waals surface area contributed by atoms with E-state index in [0.29, 0.717) is 19.1 Å². The number of benzene rings is 2. The zero-order valence-electron chi connectivity index (χ0n) is 24.7. The molecule has 4 rings (SSSR count). The van der Waals surface area contributed by atoms with Gasteiger partial charge in [-0.25, -0.2) is 9.59 Å². The van der Waals surface area contributed by atoms with Crippen molar-refractivity contribution < 1.29 is 33.6 Å². The number of amides is 2. The molecule has 2 aromatic carbocycles. The van der Waals surface area contributed by atoms with Crippen LogP contribution in [-0.2, 0) is 14.3 Å². The fourth-order valence-corrected chi connectivity index (χ4v) is 5.37. The van der Waals surface area contributed by atoms with Gasteiger partial charge in [-0.3, -0.25) is 0 Å². The number of urea groups is 1. The van der Waals surface area contributed by atoms with Crippen LogP contribution in [0.5, 0.6) is 11.5 Å². The molecule has 224 valence electrons. The highest BCUT2D eigenvalue weighted by molar-refractivity contribution is 5.86. The molecule has 0 spiro atoms. The largest absolute Gasteiger partial charge is 0.493 e. The molecule has 2 N–H and O–H groups in total. The number of ether oxygens (including phenoxy) is 4. The van der Waals surface area contributed by atoms with E-state index in [9.17, 15) is 14.7 Å². The maximum absolute atomic E-state index is 13.9. The van der Waals surface area contributed by atoms with E-state index in [1.54, 1.807) is 4.90 Å². The number of carbonyl (C=O) groups is 2. The van der Waals surface area contributed by atoms with Gasteiger partial charge in [0.1, 0.15) is 17.0 Å². The van der Waals surface area contributed by atoms with Crippen LogP contribution in [0.4, 0.5) is 4.79 Å². The zero-order chi connectivity index (χ0) is 29.4. The van der Waals surface area contributed by atoms with Gasteiger partial charge in [0.2, 0.25) is 0 Å². The number of carboxylic acids is 1. The molecule has 0 unspecified atom stereocenters. The predicted molar refractivity (Wildman–Crippen MR) is 156 cm³/mol. The second-order valence-electron chi connectivity index (χ2n) is 10.8. The van der Waals surface area contributed by atoms with Crippen LogP contribution in [0.3, 0.4) is 0 Å². The molecule has 0 radical (unpaired) electrons. The van der Waals surface area contributed by atoms with Gasteiger partial charge in [-0.05, 0) is 69.7 Å². The van der Waals surface area contributed by atoms with Crippen molar-refractivity contribution in [1.82, 2.24) is 10.2 Å². The molecule has 0 aromatic heterocycles. The second kappa shape index (κ2) is 14.0. The topological polar surface area (TPSA) is 107 Å². The third-order valence-corrected chi connectivity index (χ3v) is 7.99. The van der Waals surface area contributed by atoms with Crippen LogP contribution in [0.25, 0.3) is 0 Å². The normalized spacial score (nSPS) is 17.8. The van der Waals surface area contributed by atoms with E-state index < -0.39 is 23.6 Å². The van der Waals surface area contributed by atoms with Crippen LogP contribution in [0, 0.1) is 0 Å². The maximum Gasteiger partial charge on any atom is 0.329 e.